The monoisotopic (exact) mass is 297 g/mol. The highest BCUT2D eigenvalue weighted by atomic mass is 35.5. The van der Waals surface area contributed by atoms with E-state index in [1.54, 1.807) is 0 Å². The molecule has 0 unspecified atom stereocenters. The minimum atomic E-state index is 0.679. The van der Waals surface area contributed by atoms with E-state index in [0.29, 0.717) is 10.8 Å². The Kier molecular flexibility index (Phi) is 3.76. The first-order valence-corrected chi connectivity index (χ1v) is 7.33. The minimum absolute atomic E-state index is 0.679. The Morgan fingerprint density at radius 1 is 1.10 bits per heavy atom. The molecule has 21 heavy (non-hydrogen) atoms. The Balaban J connectivity index is 2.23. The molecule has 0 atom stereocenters. The number of rotatable bonds is 3. The van der Waals surface area contributed by atoms with Crippen LogP contribution in [0.5, 0.6) is 0 Å². The molecule has 0 amide bonds. The highest BCUT2D eigenvalue weighted by Crippen LogP contribution is 2.27. The van der Waals surface area contributed by atoms with Crippen LogP contribution in [0.15, 0.2) is 42.5 Å². The lowest BCUT2D eigenvalue weighted by Crippen LogP contribution is -2.03. The number of halogens is 1. The van der Waals surface area contributed by atoms with Crippen molar-refractivity contribution in [2.24, 2.45) is 0 Å². The van der Waals surface area contributed by atoms with Gasteiger partial charge in [0, 0.05) is 22.5 Å². The molecular weight excluding hydrogens is 282 g/mol. The molecule has 0 bridgehead atoms. The topological polar surface area (TPSA) is 37.8 Å². The molecule has 3 aromatic rings. The van der Waals surface area contributed by atoms with E-state index in [9.17, 15) is 0 Å². The fraction of sp³-hybridized carbons (Fsp3) is 0.176. The standard InChI is InChI=1S/C17H16ClN3/c1-3-19-17-14-8-7-13(18)10-15(14)20-16(21-17)12-6-4-5-11(2)9-12/h4-10H,3H2,1-2H3,(H,19,20,21). The normalized spacial score (nSPS) is 10.8. The first kappa shape index (κ1) is 13.8. The number of benzene rings is 2. The van der Waals surface area contributed by atoms with Crippen molar-refractivity contribution in [3.05, 3.63) is 53.1 Å². The number of fused-ring (bicyclic) bond motifs is 1. The molecule has 0 aliphatic rings. The summed E-state index contributed by atoms with van der Waals surface area (Å²) in [5, 5.41) is 4.96. The summed E-state index contributed by atoms with van der Waals surface area (Å²) in [5.41, 5.74) is 3.05. The number of nitrogens with one attached hydrogen (secondary N) is 1. The number of aromatic nitrogens is 2. The van der Waals surface area contributed by atoms with Gasteiger partial charge in [0.05, 0.1) is 5.52 Å². The van der Waals surface area contributed by atoms with Crippen molar-refractivity contribution < 1.29 is 0 Å². The molecule has 3 rings (SSSR count). The quantitative estimate of drug-likeness (QED) is 0.762. The summed E-state index contributed by atoms with van der Waals surface area (Å²) in [5.74, 6) is 1.56. The molecule has 4 heteroatoms. The fourth-order valence-corrected chi connectivity index (χ4v) is 2.48. The van der Waals surface area contributed by atoms with E-state index in [-0.39, 0.29) is 0 Å². The molecule has 3 nitrogen and oxygen atoms in total. The predicted molar refractivity (Wildman–Crippen MR) is 88.9 cm³/mol. The summed E-state index contributed by atoms with van der Waals surface area (Å²) in [6.45, 7) is 4.92. The smallest absolute Gasteiger partial charge is 0.162 e. The van der Waals surface area contributed by atoms with Crippen LogP contribution < -0.4 is 5.32 Å². The van der Waals surface area contributed by atoms with Crippen LogP contribution in [0.3, 0.4) is 0 Å². The van der Waals surface area contributed by atoms with Crippen LogP contribution in [0.25, 0.3) is 22.3 Å². The number of anilines is 1. The molecule has 0 spiro atoms. The van der Waals surface area contributed by atoms with Crippen LogP contribution in [-0.4, -0.2) is 16.5 Å². The largest absolute Gasteiger partial charge is 0.370 e. The second-order valence-electron chi connectivity index (χ2n) is 4.96. The highest BCUT2D eigenvalue weighted by Gasteiger charge is 2.09. The molecule has 1 N–H and O–H groups in total. The van der Waals surface area contributed by atoms with Crippen molar-refractivity contribution in [3.8, 4) is 11.4 Å². The van der Waals surface area contributed by atoms with Crippen molar-refractivity contribution >= 4 is 28.3 Å². The molecule has 0 radical (unpaired) electrons. The molecular formula is C17H16ClN3. The summed E-state index contributed by atoms with van der Waals surface area (Å²) in [6.07, 6.45) is 0. The zero-order chi connectivity index (χ0) is 14.8. The van der Waals surface area contributed by atoms with E-state index < -0.39 is 0 Å². The fourth-order valence-electron chi connectivity index (χ4n) is 2.32. The first-order valence-electron chi connectivity index (χ1n) is 6.95. The third-order valence-electron chi connectivity index (χ3n) is 3.28. The Morgan fingerprint density at radius 3 is 2.71 bits per heavy atom. The summed E-state index contributed by atoms with van der Waals surface area (Å²) in [4.78, 5) is 9.32. The molecule has 1 aromatic heterocycles. The summed E-state index contributed by atoms with van der Waals surface area (Å²) < 4.78 is 0. The van der Waals surface area contributed by atoms with E-state index in [4.69, 9.17) is 11.6 Å². The van der Waals surface area contributed by atoms with Gasteiger partial charge in [-0.1, -0.05) is 35.4 Å². The molecule has 106 valence electrons. The summed E-state index contributed by atoms with van der Waals surface area (Å²) in [7, 11) is 0. The Hall–Kier alpha value is -2.13. The lowest BCUT2D eigenvalue weighted by atomic mass is 10.1. The number of nitrogens with zero attached hydrogens (tertiary/aromatic N) is 2. The van der Waals surface area contributed by atoms with Gasteiger partial charge in [-0.2, -0.15) is 0 Å². The van der Waals surface area contributed by atoms with Crippen molar-refractivity contribution in [2.45, 2.75) is 13.8 Å². The van der Waals surface area contributed by atoms with Crippen LogP contribution in [0, 0.1) is 6.92 Å². The van der Waals surface area contributed by atoms with Gasteiger partial charge in [0.1, 0.15) is 5.82 Å². The van der Waals surface area contributed by atoms with Gasteiger partial charge in [-0.15, -0.1) is 0 Å². The molecule has 0 aliphatic carbocycles. The maximum atomic E-state index is 6.09. The molecule has 0 saturated heterocycles. The van der Waals surface area contributed by atoms with E-state index in [1.807, 2.05) is 30.3 Å². The van der Waals surface area contributed by atoms with Gasteiger partial charge in [-0.05, 0) is 38.1 Å². The second-order valence-corrected chi connectivity index (χ2v) is 5.39. The van der Waals surface area contributed by atoms with Gasteiger partial charge < -0.3 is 5.32 Å². The lowest BCUT2D eigenvalue weighted by molar-refractivity contribution is 1.14. The maximum absolute atomic E-state index is 6.09. The van der Waals surface area contributed by atoms with E-state index >= 15 is 0 Å². The SMILES string of the molecule is CCNc1nc(-c2cccc(C)c2)nc2cc(Cl)ccc12. The maximum Gasteiger partial charge on any atom is 0.162 e. The van der Waals surface area contributed by atoms with Gasteiger partial charge in [-0.3, -0.25) is 0 Å². The Morgan fingerprint density at radius 2 is 1.95 bits per heavy atom. The van der Waals surface area contributed by atoms with Crippen molar-refractivity contribution in [3.63, 3.8) is 0 Å². The molecule has 0 saturated carbocycles. The van der Waals surface area contributed by atoms with Gasteiger partial charge >= 0.3 is 0 Å². The van der Waals surface area contributed by atoms with Crippen LogP contribution in [0.2, 0.25) is 5.02 Å². The van der Waals surface area contributed by atoms with Gasteiger partial charge in [0.15, 0.2) is 5.82 Å². The van der Waals surface area contributed by atoms with Crippen LogP contribution >= 0.6 is 11.6 Å². The van der Waals surface area contributed by atoms with E-state index in [2.05, 4.69) is 41.3 Å². The van der Waals surface area contributed by atoms with E-state index in [0.717, 1.165) is 28.8 Å². The Bertz CT molecular complexity index is 799. The predicted octanol–water partition coefficient (Wildman–Crippen LogP) is 4.69. The summed E-state index contributed by atoms with van der Waals surface area (Å²) >= 11 is 6.09. The number of hydrogen-bond donors (Lipinski definition) is 1. The molecule has 1 heterocycles. The van der Waals surface area contributed by atoms with Gasteiger partial charge in [-0.25, -0.2) is 9.97 Å². The van der Waals surface area contributed by atoms with Crippen molar-refractivity contribution in [1.29, 1.82) is 0 Å². The Labute approximate surface area is 129 Å². The lowest BCUT2D eigenvalue weighted by Gasteiger charge is -2.10. The molecule has 0 aliphatic heterocycles. The van der Waals surface area contributed by atoms with Crippen LogP contribution in [0.1, 0.15) is 12.5 Å². The van der Waals surface area contributed by atoms with Gasteiger partial charge in [0.2, 0.25) is 0 Å². The van der Waals surface area contributed by atoms with Crippen LogP contribution in [0.4, 0.5) is 5.82 Å². The van der Waals surface area contributed by atoms with Gasteiger partial charge in [0.25, 0.3) is 0 Å². The highest BCUT2D eigenvalue weighted by molar-refractivity contribution is 6.31. The molecule has 2 aromatic carbocycles. The van der Waals surface area contributed by atoms with Crippen molar-refractivity contribution in [2.75, 3.05) is 11.9 Å². The summed E-state index contributed by atoms with van der Waals surface area (Å²) in [6, 6.07) is 13.9. The van der Waals surface area contributed by atoms with Crippen molar-refractivity contribution in [1.82, 2.24) is 9.97 Å². The number of hydrogen-bond acceptors (Lipinski definition) is 3. The van der Waals surface area contributed by atoms with E-state index in [1.165, 1.54) is 5.56 Å². The number of aryl methyl sites for hydroxylation is 1. The average Bonchev–Trinajstić information content (AvgIpc) is 2.47. The minimum Gasteiger partial charge on any atom is -0.370 e. The third-order valence-corrected chi connectivity index (χ3v) is 3.51. The zero-order valence-corrected chi connectivity index (χ0v) is 12.8. The molecule has 0 fully saturated rings. The second kappa shape index (κ2) is 5.70. The van der Waals surface area contributed by atoms with Crippen LogP contribution in [-0.2, 0) is 0 Å². The third kappa shape index (κ3) is 2.83. The average molecular weight is 298 g/mol. The first-order chi connectivity index (χ1) is 10.2. The zero-order valence-electron chi connectivity index (χ0n) is 12.0.